The molecule has 0 aliphatic rings. The summed E-state index contributed by atoms with van der Waals surface area (Å²) in [7, 11) is 0. The number of rotatable bonds is 6. The maximum atomic E-state index is 10.9. The van der Waals surface area contributed by atoms with E-state index in [1.165, 1.54) is 11.8 Å². The fourth-order valence-corrected chi connectivity index (χ4v) is 2.05. The van der Waals surface area contributed by atoms with E-state index in [9.17, 15) is 10.1 Å². The van der Waals surface area contributed by atoms with Gasteiger partial charge in [-0.05, 0) is 24.0 Å². The molecule has 0 aliphatic carbocycles. The van der Waals surface area contributed by atoms with Gasteiger partial charge >= 0.3 is 5.69 Å². The average Bonchev–Trinajstić information content (AvgIpc) is 2.48. The molecule has 104 valence electrons. The molecule has 1 unspecified atom stereocenters. The number of hydrogen-bond acceptors (Lipinski definition) is 4. The fourth-order valence-electron chi connectivity index (χ4n) is 2.05. The van der Waals surface area contributed by atoms with Crippen molar-refractivity contribution in [2.75, 3.05) is 11.9 Å². The van der Waals surface area contributed by atoms with Gasteiger partial charge in [0.1, 0.15) is 11.9 Å². The van der Waals surface area contributed by atoms with E-state index in [-0.39, 0.29) is 5.69 Å². The van der Waals surface area contributed by atoms with Crippen molar-refractivity contribution >= 4 is 11.4 Å². The van der Waals surface area contributed by atoms with Crippen molar-refractivity contribution in [1.29, 1.82) is 0 Å². The lowest BCUT2D eigenvalue weighted by Gasteiger charge is -2.13. The number of benzene rings is 1. The molecule has 0 amide bonds. The van der Waals surface area contributed by atoms with Gasteiger partial charge in [-0.3, -0.25) is 15.1 Å². The van der Waals surface area contributed by atoms with Gasteiger partial charge in [-0.2, -0.15) is 0 Å². The highest BCUT2D eigenvalue weighted by Gasteiger charge is 2.13. The number of hydrogen-bond donors (Lipinski definition) is 1. The molecule has 0 saturated carbocycles. The number of nitro groups is 1. The minimum absolute atomic E-state index is 0.0138. The molecule has 1 N–H and O–H groups in total. The van der Waals surface area contributed by atoms with Crippen LogP contribution in [-0.4, -0.2) is 16.5 Å². The van der Waals surface area contributed by atoms with Crippen molar-refractivity contribution in [2.24, 2.45) is 0 Å². The van der Waals surface area contributed by atoms with Gasteiger partial charge in [-0.1, -0.05) is 37.3 Å². The maximum Gasteiger partial charge on any atom is 0.310 e. The molecule has 0 spiro atoms. The van der Waals surface area contributed by atoms with Crippen molar-refractivity contribution in [3.8, 4) is 0 Å². The Morgan fingerprint density at radius 3 is 2.75 bits per heavy atom. The smallest absolute Gasteiger partial charge is 0.310 e. The second-order valence-corrected chi connectivity index (χ2v) is 4.68. The van der Waals surface area contributed by atoms with Crippen LogP contribution in [0.5, 0.6) is 0 Å². The zero-order valence-electron chi connectivity index (χ0n) is 11.3. The average molecular weight is 271 g/mol. The number of aromatic nitrogens is 1. The summed E-state index contributed by atoms with van der Waals surface area (Å²) in [4.78, 5) is 14.2. The van der Waals surface area contributed by atoms with E-state index in [1.807, 2.05) is 18.2 Å². The Labute approximate surface area is 117 Å². The zero-order chi connectivity index (χ0) is 14.4. The molecule has 0 aliphatic heterocycles. The molecule has 5 nitrogen and oxygen atoms in total. The summed E-state index contributed by atoms with van der Waals surface area (Å²) in [6.07, 6.45) is 3.72. The second-order valence-electron chi connectivity index (χ2n) is 4.68. The maximum absolute atomic E-state index is 10.9. The second kappa shape index (κ2) is 6.65. The lowest BCUT2D eigenvalue weighted by atomic mass is 9.98. The van der Waals surface area contributed by atoms with Gasteiger partial charge in [0.05, 0.1) is 4.92 Å². The SMILES string of the molecule is CC(CCNc1ccncc1[N+](=O)[O-])c1ccccc1. The summed E-state index contributed by atoms with van der Waals surface area (Å²) in [5, 5.41) is 14.0. The van der Waals surface area contributed by atoms with Crippen molar-refractivity contribution in [3.63, 3.8) is 0 Å². The summed E-state index contributed by atoms with van der Waals surface area (Å²) in [5.41, 5.74) is 1.81. The number of nitrogens with zero attached hydrogens (tertiary/aromatic N) is 2. The third kappa shape index (κ3) is 3.54. The van der Waals surface area contributed by atoms with E-state index < -0.39 is 4.92 Å². The summed E-state index contributed by atoms with van der Waals surface area (Å²) < 4.78 is 0. The molecule has 0 radical (unpaired) electrons. The number of nitrogens with one attached hydrogen (secondary N) is 1. The van der Waals surface area contributed by atoms with Crippen LogP contribution in [0, 0.1) is 10.1 Å². The normalized spacial score (nSPS) is 11.8. The van der Waals surface area contributed by atoms with Crippen LogP contribution >= 0.6 is 0 Å². The monoisotopic (exact) mass is 271 g/mol. The van der Waals surface area contributed by atoms with Crippen LogP contribution in [0.2, 0.25) is 0 Å². The quantitative estimate of drug-likeness (QED) is 0.644. The Bertz CT molecular complexity index is 572. The third-order valence-corrected chi connectivity index (χ3v) is 3.26. The highest BCUT2D eigenvalue weighted by atomic mass is 16.6. The van der Waals surface area contributed by atoms with Crippen molar-refractivity contribution < 1.29 is 4.92 Å². The summed E-state index contributed by atoms with van der Waals surface area (Å²) >= 11 is 0. The topological polar surface area (TPSA) is 68.1 Å². The minimum atomic E-state index is -0.421. The molecule has 5 heteroatoms. The van der Waals surface area contributed by atoms with E-state index in [2.05, 4.69) is 29.4 Å². The molecule has 0 saturated heterocycles. The minimum Gasteiger partial charge on any atom is -0.379 e. The first-order valence-electron chi connectivity index (χ1n) is 6.55. The Morgan fingerprint density at radius 1 is 1.30 bits per heavy atom. The largest absolute Gasteiger partial charge is 0.379 e. The Kier molecular flexibility index (Phi) is 4.65. The molecule has 2 rings (SSSR count). The molecule has 0 fully saturated rings. The first-order valence-corrected chi connectivity index (χ1v) is 6.55. The van der Waals surface area contributed by atoms with Crippen LogP contribution in [-0.2, 0) is 0 Å². The molecule has 0 bridgehead atoms. The van der Waals surface area contributed by atoms with E-state index in [4.69, 9.17) is 0 Å². The van der Waals surface area contributed by atoms with Gasteiger partial charge in [0.15, 0.2) is 0 Å². The molecule has 1 heterocycles. The molecule has 2 aromatic rings. The van der Waals surface area contributed by atoms with Gasteiger partial charge in [-0.25, -0.2) is 0 Å². The van der Waals surface area contributed by atoms with Crippen LogP contribution < -0.4 is 5.32 Å². The van der Waals surface area contributed by atoms with Crippen LogP contribution in [0.4, 0.5) is 11.4 Å². The lowest BCUT2D eigenvalue weighted by Crippen LogP contribution is -2.07. The van der Waals surface area contributed by atoms with E-state index in [1.54, 1.807) is 12.3 Å². The molecule has 20 heavy (non-hydrogen) atoms. The first kappa shape index (κ1) is 14.0. The summed E-state index contributed by atoms with van der Waals surface area (Å²) in [5.74, 6) is 0.407. The Balaban J connectivity index is 1.92. The van der Waals surface area contributed by atoms with Gasteiger partial charge in [0.2, 0.25) is 0 Å². The highest BCUT2D eigenvalue weighted by Crippen LogP contribution is 2.23. The summed E-state index contributed by atoms with van der Waals surface area (Å²) in [6, 6.07) is 11.9. The van der Waals surface area contributed by atoms with Crippen molar-refractivity contribution in [3.05, 3.63) is 64.5 Å². The molecule has 1 atom stereocenters. The molecule has 1 aromatic carbocycles. The van der Waals surface area contributed by atoms with Gasteiger partial charge in [0.25, 0.3) is 0 Å². The van der Waals surface area contributed by atoms with E-state index in [0.29, 0.717) is 18.2 Å². The lowest BCUT2D eigenvalue weighted by molar-refractivity contribution is -0.384. The van der Waals surface area contributed by atoms with Crippen LogP contribution in [0.1, 0.15) is 24.8 Å². The molecular weight excluding hydrogens is 254 g/mol. The highest BCUT2D eigenvalue weighted by molar-refractivity contribution is 5.59. The van der Waals surface area contributed by atoms with Crippen LogP contribution in [0.3, 0.4) is 0 Å². The van der Waals surface area contributed by atoms with Gasteiger partial charge in [0, 0.05) is 12.7 Å². The summed E-state index contributed by atoms with van der Waals surface area (Å²) in [6.45, 7) is 2.83. The number of pyridine rings is 1. The van der Waals surface area contributed by atoms with E-state index in [0.717, 1.165) is 6.42 Å². The first-order chi connectivity index (χ1) is 9.68. The van der Waals surface area contributed by atoms with Gasteiger partial charge in [-0.15, -0.1) is 0 Å². The Morgan fingerprint density at radius 2 is 2.05 bits per heavy atom. The van der Waals surface area contributed by atoms with Crippen molar-refractivity contribution in [1.82, 2.24) is 4.98 Å². The number of anilines is 1. The van der Waals surface area contributed by atoms with E-state index >= 15 is 0 Å². The van der Waals surface area contributed by atoms with Crippen molar-refractivity contribution in [2.45, 2.75) is 19.3 Å². The fraction of sp³-hybridized carbons (Fsp3) is 0.267. The van der Waals surface area contributed by atoms with Gasteiger partial charge < -0.3 is 5.32 Å². The van der Waals surface area contributed by atoms with Crippen LogP contribution in [0.15, 0.2) is 48.8 Å². The third-order valence-electron chi connectivity index (χ3n) is 3.26. The Hall–Kier alpha value is -2.43. The standard InChI is InChI=1S/C15H17N3O2/c1-12(13-5-3-2-4-6-13)7-10-17-14-8-9-16-11-15(14)18(19)20/h2-6,8-9,11-12H,7,10H2,1H3,(H,16,17). The molecule has 1 aromatic heterocycles. The molecular formula is C15H17N3O2. The van der Waals surface area contributed by atoms with Crippen LogP contribution in [0.25, 0.3) is 0 Å². The predicted molar refractivity (Wildman–Crippen MR) is 78.9 cm³/mol. The predicted octanol–water partition coefficient (Wildman–Crippen LogP) is 3.60. The zero-order valence-corrected chi connectivity index (χ0v) is 11.3.